The summed E-state index contributed by atoms with van der Waals surface area (Å²) < 4.78 is 0. The molecule has 0 aliphatic rings. The van der Waals surface area contributed by atoms with Gasteiger partial charge in [0.15, 0.2) is 0 Å². The van der Waals surface area contributed by atoms with Crippen molar-refractivity contribution in [2.45, 2.75) is 38.5 Å². The van der Waals surface area contributed by atoms with E-state index in [9.17, 15) is 0 Å². The molecule has 0 radical (unpaired) electrons. The standard InChI is InChI=1S/C18H18Cl4/c1-2-12(13-6-8-15(19)9-7-13)4-3-5-14-10-17(21)18(22)11-16(14)20/h6-12H,2-5H2,1H3. The first-order chi connectivity index (χ1) is 10.5. The molecule has 0 aliphatic carbocycles. The zero-order valence-electron chi connectivity index (χ0n) is 12.4. The first-order valence-electron chi connectivity index (χ1n) is 7.40. The fourth-order valence-corrected chi connectivity index (χ4v) is 3.43. The number of halogens is 4. The van der Waals surface area contributed by atoms with E-state index in [2.05, 4.69) is 19.1 Å². The normalized spacial score (nSPS) is 12.4. The van der Waals surface area contributed by atoms with Crippen molar-refractivity contribution in [1.82, 2.24) is 0 Å². The Kier molecular flexibility index (Phi) is 6.89. The molecular weight excluding hydrogens is 358 g/mol. The minimum absolute atomic E-state index is 0.503. The van der Waals surface area contributed by atoms with Crippen molar-refractivity contribution < 1.29 is 0 Å². The zero-order chi connectivity index (χ0) is 16.1. The third-order valence-corrected chi connectivity index (χ3v) is 5.25. The molecule has 0 saturated carbocycles. The molecule has 1 atom stereocenters. The Morgan fingerprint density at radius 1 is 0.864 bits per heavy atom. The molecule has 0 bridgehead atoms. The second kappa shape index (κ2) is 8.45. The number of hydrogen-bond donors (Lipinski definition) is 0. The second-order valence-electron chi connectivity index (χ2n) is 5.41. The van der Waals surface area contributed by atoms with Crippen LogP contribution in [0.15, 0.2) is 36.4 Å². The summed E-state index contributed by atoms with van der Waals surface area (Å²) in [7, 11) is 0. The molecule has 22 heavy (non-hydrogen) atoms. The molecule has 2 aromatic rings. The van der Waals surface area contributed by atoms with Crippen LogP contribution in [0.4, 0.5) is 0 Å². The van der Waals surface area contributed by atoms with Gasteiger partial charge in [-0.25, -0.2) is 0 Å². The maximum atomic E-state index is 6.23. The van der Waals surface area contributed by atoms with Crippen LogP contribution in [0.25, 0.3) is 0 Å². The molecule has 0 heterocycles. The summed E-state index contributed by atoms with van der Waals surface area (Å²) in [5.74, 6) is 0.541. The lowest BCUT2D eigenvalue weighted by Crippen LogP contribution is -1.99. The minimum atomic E-state index is 0.503. The van der Waals surface area contributed by atoms with E-state index in [0.29, 0.717) is 21.0 Å². The van der Waals surface area contributed by atoms with Gasteiger partial charge in [-0.2, -0.15) is 0 Å². The summed E-state index contributed by atoms with van der Waals surface area (Å²) in [6.07, 6.45) is 4.17. The van der Waals surface area contributed by atoms with Gasteiger partial charge in [0.05, 0.1) is 10.0 Å². The van der Waals surface area contributed by atoms with Gasteiger partial charge in [0.2, 0.25) is 0 Å². The van der Waals surface area contributed by atoms with Crippen LogP contribution in [-0.2, 0) is 6.42 Å². The van der Waals surface area contributed by atoms with Crippen LogP contribution < -0.4 is 0 Å². The Hall–Kier alpha value is -0.400. The van der Waals surface area contributed by atoms with Crippen LogP contribution in [-0.4, -0.2) is 0 Å². The number of benzene rings is 2. The maximum Gasteiger partial charge on any atom is 0.0607 e. The summed E-state index contributed by atoms with van der Waals surface area (Å²) >= 11 is 24.2. The third-order valence-electron chi connectivity index (χ3n) is 3.92. The molecule has 2 rings (SSSR count). The molecule has 4 heteroatoms. The predicted octanol–water partition coefficient (Wildman–Crippen LogP) is 7.82. The van der Waals surface area contributed by atoms with E-state index in [-0.39, 0.29) is 0 Å². The van der Waals surface area contributed by atoms with Gasteiger partial charge in [-0.05, 0) is 67.0 Å². The van der Waals surface area contributed by atoms with Gasteiger partial charge in [0.25, 0.3) is 0 Å². The fourth-order valence-electron chi connectivity index (χ4n) is 2.64. The van der Waals surface area contributed by atoms with Crippen molar-refractivity contribution >= 4 is 46.4 Å². The molecule has 0 spiro atoms. The van der Waals surface area contributed by atoms with E-state index in [4.69, 9.17) is 46.4 Å². The highest BCUT2D eigenvalue weighted by molar-refractivity contribution is 6.43. The molecule has 0 N–H and O–H groups in total. The molecular formula is C18H18Cl4. The molecule has 0 amide bonds. The van der Waals surface area contributed by atoms with Crippen molar-refractivity contribution in [3.63, 3.8) is 0 Å². The predicted molar refractivity (Wildman–Crippen MR) is 98.9 cm³/mol. The smallest absolute Gasteiger partial charge is 0.0607 e. The van der Waals surface area contributed by atoms with Crippen molar-refractivity contribution in [2.75, 3.05) is 0 Å². The van der Waals surface area contributed by atoms with Gasteiger partial charge >= 0.3 is 0 Å². The fraction of sp³-hybridized carbons (Fsp3) is 0.333. The van der Waals surface area contributed by atoms with E-state index in [0.717, 1.165) is 36.3 Å². The highest BCUT2D eigenvalue weighted by Gasteiger charge is 2.11. The SMILES string of the molecule is CCC(CCCc1cc(Cl)c(Cl)cc1Cl)c1ccc(Cl)cc1. The lowest BCUT2D eigenvalue weighted by Gasteiger charge is -2.16. The van der Waals surface area contributed by atoms with Crippen molar-refractivity contribution in [3.05, 3.63) is 67.6 Å². The number of hydrogen-bond acceptors (Lipinski definition) is 0. The molecule has 0 aliphatic heterocycles. The van der Waals surface area contributed by atoms with Crippen LogP contribution in [0.1, 0.15) is 43.2 Å². The molecule has 2 aromatic carbocycles. The van der Waals surface area contributed by atoms with Gasteiger partial charge in [0, 0.05) is 10.0 Å². The molecule has 0 saturated heterocycles. The van der Waals surface area contributed by atoms with E-state index in [1.807, 2.05) is 18.2 Å². The lowest BCUT2D eigenvalue weighted by atomic mass is 9.90. The average Bonchev–Trinajstić information content (AvgIpc) is 2.50. The Balaban J connectivity index is 1.97. The number of aryl methyl sites for hydroxylation is 1. The van der Waals surface area contributed by atoms with Gasteiger partial charge in [-0.1, -0.05) is 65.5 Å². The molecule has 1 unspecified atom stereocenters. The average molecular weight is 376 g/mol. The Morgan fingerprint density at radius 3 is 2.14 bits per heavy atom. The third kappa shape index (κ3) is 4.80. The van der Waals surface area contributed by atoms with Crippen LogP contribution >= 0.6 is 46.4 Å². The Bertz CT molecular complexity index is 620. The summed E-state index contributed by atoms with van der Waals surface area (Å²) in [6, 6.07) is 11.7. The summed E-state index contributed by atoms with van der Waals surface area (Å²) in [5, 5.41) is 2.53. The largest absolute Gasteiger partial charge is 0.0843 e. The van der Waals surface area contributed by atoms with E-state index in [1.165, 1.54) is 5.56 Å². The Morgan fingerprint density at radius 2 is 1.50 bits per heavy atom. The van der Waals surface area contributed by atoms with Crippen molar-refractivity contribution in [3.8, 4) is 0 Å². The van der Waals surface area contributed by atoms with Crippen LogP contribution in [0.2, 0.25) is 20.1 Å². The summed E-state index contributed by atoms with van der Waals surface area (Å²) in [6.45, 7) is 2.21. The van der Waals surface area contributed by atoms with Crippen molar-refractivity contribution in [2.24, 2.45) is 0 Å². The topological polar surface area (TPSA) is 0 Å². The highest BCUT2D eigenvalue weighted by atomic mass is 35.5. The molecule has 118 valence electrons. The van der Waals surface area contributed by atoms with E-state index in [1.54, 1.807) is 6.07 Å². The monoisotopic (exact) mass is 374 g/mol. The zero-order valence-corrected chi connectivity index (χ0v) is 15.4. The molecule has 0 aromatic heterocycles. The lowest BCUT2D eigenvalue weighted by molar-refractivity contribution is 0.576. The summed E-state index contributed by atoms with van der Waals surface area (Å²) in [4.78, 5) is 0. The quantitative estimate of drug-likeness (QED) is 0.451. The van der Waals surface area contributed by atoms with E-state index < -0.39 is 0 Å². The van der Waals surface area contributed by atoms with Gasteiger partial charge in [-0.3, -0.25) is 0 Å². The van der Waals surface area contributed by atoms with Crippen LogP contribution in [0.5, 0.6) is 0 Å². The molecule has 0 nitrogen and oxygen atoms in total. The van der Waals surface area contributed by atoms with E-state index >= 15 is 0 Å². The first-order valence-corrected chi connectivity index (χ1v) is 8.91. The van der Waals surface area contributed by atoms with Gasteiger partial charge in [0.1, 0.15) is 0 Å². The second-order valence-corrected chi connectivity index (χ2v) is 7.06. The first kappa shape index (κ1) is 17.9. The van der Waals surface area contributed by atoms with Gasteiger partial charge in [-0.15, -0.1) is 0 Å². The van der Waals surface area contributed by atoms with Crippen LogP contribution in [0.3, 0.4) is 0 Å². The van der Waals surface area contributed by atoms with Gasteiger partial charge < -0.3 is 0 Å². The number of rotatable bonds is 6. The van der Waals surface area contributed by atoms with Crippen molar-refractivity contribution in [1.29, 1.82) is 0 Å². The summed E-state index contributed by atoms with van der Waals surface area (Å²) in [5.41, 5.74) is 2.40. The Labute approximate surface area is 152 Å². The molecule has 0 fully saturated rings. The maximum absolute atomic E-state index is 6.23. The van der Waals surface area contributed by atoms with Crippen LogP contribution in [0, 0.1) is 0 Å². The highest BCUT2D eigenvalue weighted by Crippen LogP contribution is 2.31. The minimum Gasteiger partial charge on any atom is -0.0843 e.